The summed E-state index contributed by atoms with van der Waals surface area (Å²) in [6.45, 7) is 10.7. The van der Waals surface area contributed by atoms with Gasteiger partial charge in [0.2, 0.25) is 0 Å². The van der Waals surface area contributed by atoms with E-state index in [4.69, 9.17) is 18.9 Å². The molecular formula is C18H22N2O6. The lowest BCUT2D eigenvalue weighted by atomic mass is 9.96. The Morgan fingerprint density at radius 2 is 1.88 bits per heavy atom. The van der Waals surface area contributed by atoms with E-state index in [1.807, 2.05) is 19.9 Å². The minimum atomic E-state index is -1.89. The average molecular weight is 362 g/mol. The van der Waals surface area contributed by atoms with Crippen LogP contribution in [-0.4, -0.2) is 35.4 Å². The molecule has 8 heteroatoms. The fourth-order valence-corrected chi connectivity index (χ4v) is 3.01. The molecule has 0 aromatic heterocycles. The van der Waals surface area contributed by atoms with Gasteiger partial charge in [-0.1, -0.05) is 11.2 Å². The quantitative estimate of drug-likeness (QED) is 0.594. The van der Waals surface area contributed by atoms with Crippen molar-refractivity contribution in [1.82, 2.24) is 5.01 Å². The van der Waals surface area contributed by atoms with E-state index in [-0.39, 0.29) is 12.2 Å². The lowest BCUT2D eigenvalue weighted by Gasteiger charge is -2.28. The standard InChI is InChI=1S/C18H22N2O6/c1-9(2)23-16-19-20(17(22)24-10(3)4)18(26-16)14-12(6)7-11(5)8-13(14)25-15(18)21/h7-10H,1-6H3. The van der Waals surface area contributed by atoms with Crippen LogP contribution in [0.2, 0.25) is 0 Å². The Hall–Kier alpha value is -2.77. The number of hydrogen-bond acceptors (Lipinski definition) is 7. The zero-order valence-electron chi connectivity index (χ0n) is 15.7. The van der Waals surface area contributed by atoms with Crippen LogP contribution >= 0.6 is 0 Å². The first-order valence-electron chi connectivity index (χ1n) is 8.44. The zero-order chi connectivity index (χ0) is 19.2. The van der Waals surface area contributed by atoms with Gasteiger partial charge in [-0.3, -0.25) is 0 Å². The summed E-state index contributed by atoms with van der Waals surface area (Å²) in [7, 11) is 0. The van der Waals surface area contributed by atoms with Gasteiger partial charge < -0.3 is 18.9 Å². The van der Waals surface area contributed by atoms with E-state index in [1.54, 1.807) is 33.8 Å². The molecule has 8 nitrogen and oxygen atoms in total. The zero-order valence-corrected chi connectivity index (χ0v) is 15.7. The highest BCUT2D eigenvalue weighted by Gasteiger charge is 2.64. The SMILES string of the molecule is Cc1cc(C)c2c(c1)OC(=O)C21OC(OC(C)C)=NN1C(=O)OC(C)C. The van der Waals surface area contributed by atoms with Gasteiger partial charge in [-0.15, -0.1) is 5.01 Å². The number of benzene rings is 1. The molecule has 2 aliphatic rings. The van der Waals surface area contributed by atoms with Crippen molar-refractivity contribution in [3.8, 4) is 5.75 Å². The molecule has 0 bridgehead atoms. The molecule has 1 atom stereocenters. The van der Waals surface area contributed by atoms with E-state index in [9.17, 15) is 9.59 Å². The number of carbonyl (C=O) groups excluding carboxylic acids is 2. The van der Waals surface area contributed by atoms with Crippen molar-refractivity contribution in [3.05, 3.63) is 28.8 Å². The Bertz CT molecular complexity index is 801. The molecular weight excluding hydrogens is 340 g/mol. The maximum absolute atomic E-state index is 12.8. The van der Waals surface area contributed by atoms with Gasteiger partial charge in [0.15, 0.2) is 0 Å². The van der Waals surface area contributed by atoms with E-state index >= 15 is 0 Å². The van der Waals surface area contributed by atoms with Crippen LogP contribution in [0.15, 0.2) is 17.2 Å². The summed E-state index contributed by atoms with van der Waals surface area (Å²) in [5, 5.41) is 4.92. The maximum atomic E-state index is 12.8. The number of carbonyl (C=O) groups is 2. The van der Waals surface area contributed by atoms with Gasteiger partial charge in [-0.2, -0.15) is 0 Å². The normalized spacial score (nSPS) is 21.0. The van der Waals surface area contributed by atoms with Gasteiger partial charge >= 0.3 is 23.9 Å². The number of esters is 1. The van der Waals surface area contributed by atoms with Gasteiger partial charge in [0.05, 0.1) is 17.8 Å². The van der Waals surface area contributed by atoms with Crippen LogP contribution in [0.1, 0.15) is 44.4 Å². The third-order valence-corrected chi connectivity index (χ3v) is 3.82. The molecule has 1 amide bonds. The first-order valence-corrected chi connectivity index (χ1v) is 8.44. The predicted octanol–water partition coefficient (Wildman–Crippen LogP) is 2.95. The summed E-state index contributed by atoms with van der Waals surface area (Å²) in [5.74, 6) is -0.441. The van der Waals surface area contributed by atoms with Crippen molar-refractivity contribution >= 4 is 18.1 Å². The van der Waals surface area contributed by atoms with Gasteiger partial charge in [-0.05, 0) is 58.7 Å². The predicted molar refractivity (Wildman–Crippen MR) is 91.4 cm³/mol. The number of aryl methyl sites for hydroxylation is 2. The Morgan fingerprint density at radius 3 is 2.50 bits per heavy atom. The molecule has 1 aromatic carbocycles. The molecule has 0 saturated carbocycles. The van der Waals surface area contributed by atoms with Gasteiger partial charge in [-0.25, -0.2) is 9.59 Å². The minimum Gasteiger partial charge on any atom is -0.447 e. The summed E-state index contributed by atoms with van der Waals surface area (Å²) < 4.78 is 21.9. The molecule has 0 saturated heterocycles. The monoisotopic (exact) mass is 362 g/mol. The summed E-state index contributed by atoms with van der Waals surface area (Å²) in [6.07, 6.45) is -1.68. The summed E-state index contributed by atoms with van der Waals surface area (Å²) in [6, 6.07) is 3.59. The van der Waals surface area contributed by atoms with Crippen molar-refractivity contribution in [2.45, 2.75) is 59.5 Å². The Morgan fingerprint density at radius 1 is 1.19 bits per heavy atom. The molecule has 3 rings (SSSR count). The molecule has 26 heavy (non-hydrogen) atoms. The van der Waals surface area contributed by atoms with E-state index in [0.717, 1.165) is 16.1 Å². The Labute approximate surface area is 151 Å². The first-order chi connectivity index (χ1) is 12.1. The van der Waals surface area contributed by atoms with Crippen molar-refractivity contribution < 1.29 is 28.5 Å². The Kier molecular flexibility index (Phi) is 4.29. The second-order valence-electron chi connectivity index (χ2n) is 6.87. The summed E-state index contributed by atoms with van der Waals surface area (Å²) in [4.78, 5) is 25.5. The third-order valence-electron chi connectivity index (χ3n) is 3.82. The minimum absolute atomic E-state index is 0.189. The highest BCUT2D eigenvalue weighted by atomic mass is 16.7. The number of hydrazone groups is 1. The molecule has 1 aromatic rings. The van der Waals surface area contributed by atoms with Crippen molar-refractivity contribution in [1.29, 1.82) is 0 Å². The highest BCUT2D eigenvalue weighted by molar-refractivity contribution is 5.96. The van der Waals surface area contributed by atoms with Crippen LogP contribution in [0, 0.1) is 13.8 Å². The van der Waals surface area contributed by atoms with E-state index in [1.165, 1.54) is 0 Å². The van der Waals surface area contributed by atoms with Gasteiger partial charge in [0.1, 0.15) is 5.75 Å². The van der Waals surface area contributed by atoms with Crippen LogP contribution in [0.5, 0.6) is 5.75 Å². The molecule has 0 fully saturated rings. The van der Waals surface area contributed by atoms with Gasteiger partial charge in [0.25, 0.3) is 0 Å². The van der Waals surface area contributed by atoms with Crippen LogP contribution in [-0.2, 0) is 24.7 Å². The van der Waals surface area contributed by atoms with E-state index in [2.05, 4.69) is 5.10 Å². The Balaban J connectivity index is 2.13. The molecule has 1 unspecified atom stereocenters. The number of ether oxygens (including phenoxy) is 4. The van der Waals surface area contributed by atoms with Gasteiger partial charge in [0, 0.05) is 0 Å². The fourth-order valence-electron chi connectivity index (χ4n) is 3.01. The van der Waals surface area contributed by atoms with Crippen LogP contribution in [0.4, 0.5) is 4.79 Å². The second kappa shape index (κ2) is 6.19. The number of nitrogens with zero attached hydrogens (tertiary/aromatic N) is 2. The number of amides is 1. The summed E-state index contributed by atoms with van der Waals surface area (Å²) >= 11 is 0. The van der Waals surface area contributed by atoms with E-state index < -0.39 is 23.9 Å². The van der Waals surface area contributed by atoms with Crippen LogP contribution in [0.25, 0.3) is 0 Å². The molecule has 1 spiro atoms. The number of fused-ring (bicyclic) bond motifs is 2. The second-order valence-corrected chi connectivity index (χ2v) is 6.87. The van der Waals surface area contributed by atoms with Crippen molar-refractivity contribution in [3.63, 3.8) is 0 Å². The molecule has 2 aliphatic heterocycles. The van der Waals surface area contributed by atoms with Crippen molar-refractivity contribution in [2.24, 2.45) is 5.10 Å². The number of hydrogen-bond donors (Lipinski definition) is 0. The number of rotatable bonds is 2. The van der Waals surface area contributed by atoms with Crippen LogP contribution in [0.3, 0.4) is 0 Å². The topological polar surface area (TPSA) is 86.7 Å². The fraction of sp³-hybridized carbons (Fsp3) is 0.500. The molecule has 0 N–H and O–H groups in total. The summed E-state index contributed by atoms with van der Waals surface area (Å²) in [5.41, 5.74) is 0.178. The molecule has 0 radical (unpaired) electrons. The van der Waals surface area contributed by atoms with Crippen LogP contribution < -0.4 is 4.74 Å². The molecule has 0 aliphatic carbocycles. The lowest BCUT2D eigenvalue weighted by Crippen LogP contribution is -2.50. The smallest absolute Gasteiger partial charge is 0.435 e. The maximum Gasteiger partial charge on any atom is 0.435 e. The highest BCUT2D eigenvalue weighted by Crippen LogP contribution is 2.48. The lowest BCUT2D eigenvalue weighted by molar-refractivity contribution is -0.165. The van der Waals surface area contributed by atoms with E-state index in [0.29, 0.717) is 11.3 Å². The third kappa shape index (κ3) is 2.75. The molecule has 2 heterocycles. The molecule has 140 valence electrons. The first kappa shape index (κ1) is 18.0. The average Bonchev–Trinajstić information content (AvgIpc) is 2.97. The van der Waals surface area contributed by atoms with Crippen molar-refractivity contribution in [2.75, 3.05) is 0 Å². The largest absolute Gasteiger partial charge is 0.447 e.